The molecule has 0 unspecified atom stereocenters. The fraction of sp³-hybridized carbons (Fsp3) is 0.462. The predicted molar refractivity (Wildman–Crippen MR) is 78.1 cm³/mol. The van der Waals surface area contributed by atoms with Crippen LogP contribution in [-0.2, 0) is 0 Å². The van der Waals surface area contributed by atoms with Crippen LogP contribution in [0.2, 0.25) is 0 Å². The van der Waals surface area contributed by atoms with Gasteiger partial charge in [-0.1, -0.05) is 30.8 Å². The van der Waals surface area contributed by atoms with Gasteiger partial charge in [0.2, 0.25) is 0 Å². The Hall–Kier alpha value is -0.580. The topological polar surface area (TPSA) is 24.9 Å². The number of nitrogens with zero attached hydrogens (tertiary/aromatic N) is 1. The standard InChI is InChI=1S/C13H18N2S2/c1-2-8-14-9-5-10-16-13-15-11-6-3-4-7-12(11)17-13/h3-4,6-7,14H,2,5,8-10H2,1H3. The van der Waals surface area contributed by atoms with Crippen LogP contribution >= 0.6 is 23.1 Å². The van der Waals surface area contributed by atoms with Gasteiger partial charge in [0.15, 0.2) is 4.34 Å². The van der Waals surface area contributed by atoms with E-state index in [-0.39, 0.29) is 0 Å². The second-order valence-electron chi connectivity index (χ2n) is 3.90. The van der Waals surface area contributed by atoms with Gasteiger partial charge in [0, 0.05) is 5.75 Å². The molecule has 17 heavy (non-hydrogen) atoms. The first-order valence-corrected chi connectivity index (χ1v) is 7.89. The highest BCUT2D eigenvalue weighted by atomic mass is 32.2. The lowest BCUT2D eigenvalue weighted by molar-refractivity contribution is 0.664. The van der Waals surface area contributed by atoms with Crippen molar-refractivity contribution in [2.75, 3.05) is 18.8 Å². The third-order valence-corrected chi connectivity index (χ3v) is 4.69. The molecule has 0 radical (unpaired) electrons. The molecule has 0 aliphatic rings. The molecule has 0 aliphatic carbocycles. The van der Waals surface area contributed by atoms with Crippen LogP contribution in [0.1, 0.15) is 19.8 Å². The molecule has 1 heterocycles. The van der Waals surface area contributed by atoms with Gasteiger partial charge in [0.05, 0.1) is 10.2 Å². The lowest BCUT2D eigenvalue weighted by Gasteiger charge is -2.00. The van der Waals surface area contributed by atoms with Crippen LogP contribution in [0.4, 0.5) is 0 Å². The van der Waals surface area contributed by atoms with Gasteiger partial charge in [0.1, 0.15) is 0 Å². The van der Waals surface area contributed by atoms with Crippen molar-refractivity contribution in [2.45, 2.75) is 24.1 Å². The van der Waals surface area contributed by atoms with Crippen LogP contribution in [0.15, 0.2) is 28.6 Å². The molecule has 0 atom stereocenters. The second kappa shape index (κ2) is 6.99. The zero-order valence-corrected chi connectivity index (χ0v) is 11.7. The molecule has 0 fully saturated rings. The van der Waals surface area contributed by atoms with E-state index in [4.69, 9.17) is 0 Å². The van der Waals surface area contributed by atoms with Gasteiger partial charge in [-0.2, -0.15) is 0 Å². The minimum atomic E-state index is 1.12. The maximum atomic E-state index is 4.61. The quantitative estimate of drug-likeness (QED) is 0.610. The number of fused-ring (bicyclic) bond motifs is 1. The monoisotopic (exact) mass is 266 g/mol. The summed E-state index contributed by atoms with van der Waals surface area (Å²) in [6, 6.07) is 8.34. The van der Waals surface area contributed by atoms with E-state index < -0.39 is 0 Å². The SMILES string of the molecule is CCCNCCCSc1nc2ccccc2s1. The van der Waals surface area contributed by atoms with Crippen LogP contribution in [0, 0.1) is 0 Å². The number of thiazole rings is 1. The van der Waals surface area contributed by atoms with Crippen molar-refractivity contribution in [3.63, 3.8) is 0 Å². The lowest BCUT2D eigenvalue weighted by atomic mass is 10.3. The van der Waals surface area contributed by atoms with Crippen LogP contribution in [-0.4, -0.2) is 23.8 Å². The van der Waals surface area contributed by atoms with Crippen molar-refractivity contribution in [3.05, 3.63) is 24.3 Å². The van der Waals surface area contributed by atoms with Gasteiger partial charge in [-0.25, -0.2) is 4.98 Å². The van der Waals surface area contributed by atoms with E-state index in [1.54, 1.807) is 11.3 Å². The van der Waals surface area contributed by atoms with Crippen molar-refractivity contribution in [2.24, 2.45) is 0 Å². The molecule has 1 N–H and O–H groups in total. The molecular formula is C13H18N2S2. The van der Waals surface area contributed by atoms with E-state index >= 15 is 0 Å². The molecule has 0 amide bonds. The molecule has 2 rings (SSSR count). The van der Waals surface area contributed by atoms with Crippen molar-refractivity contribution >= 4 is 33.3 Å². The summed E-state index contributed by atoms with van der Waals surface area (Å²) in [7, 11) is 0. The number of rotatable bonds is 7. The summed E-state index contributed by atoms with van der Waals surface area (Å²) in [4.78, 5) is 4.61. The summed E-state index contributed by atoms with van der Waals surface area (Å²) in [5.74, 6) is 1.15. The zero-order valence-electron chi connectivity index (χ0n) is 10.1. The smallest absolute Gasteiger partial charge is 0.151 e. The molecule has 92 valence electrons. The molecule has 2 nitrogen and oxygen atoms in total. The zero-order chi connectivity index (χ0) is 11.9. The summed E-state index contributed by atoms with van der Waals surface area (Å²) in [6.07, 6.45) is 2.42. The molecule has 0 spiro atoms. The highest BCUT2D eigenvalue weighted by molar-refractivity contribution is 8.01. The number of hydrogen-bond acceptors (Lipinski definition) is 4. The minimum Gasteiger partial charge on any atom is -0.317 e. The second-order valence-corrected chi connectivity index (χ2v) is 6.27. The molecule has 1 aromatic carbocycles. The Morgan fingerprint density at radius 1 is 1.29 bits per heavy atom. The Morgan fingerprint density at radius 3 is 3.00 bits per heavy atom. The van der Waals surface area contributed by atoms with Gasteiger partial charge in [0.25, 0.3) is 0 Å². The van der Waals surface area contributed by atoms with Gasteiger partial charge in [-0.05, 0) is 38.1 Å². The van der Waals surface area contributed by atoms with Crippen LogP contribution in [0.25, 0.3) is 10.2 Å². The average molecular weight is 266 g/mol. The molecule has 0 bridgehead atoms. The van der Waals surface area contributed by atoms with E-state index in [9.17, 15) is 0 Å². The Labute approximate surface area is 111 Å². The van der Waals surface area contributed by atoms with Gasteiger partial charge < -0.3 is 5.32 Å². The Morgan fingerprint density at radius 2 is 2.18 bits per heavy atom. The molecule has 0 saturated heterocycles. The van der Waals surface area contributed by atoms with Crippen molar-refractivity contribution in [1.29, 1.82) is 0 Å². The maximum Gasteiger partial charge on any atom is 0.151 e. The molecule has 0 aliphatic heterocycles. The first-order chi connectivity index (χ1) is 8.40. The van der Waals surface area contributed by atoms with E-state index in [1.807, 2.05) is 17.8 Å². The van der Waals surface area contributed by atoms with Crippen LogP contribution in [0.3, 0.4) is 0 Å². The number of benzene rings is 1. The molecule has 0 saturated carbocycles. The first kappa shape index (κ1) is 12.9. The predicted octanol–water partition coefficient (Wildman–Crippen LogP) is 3.78. The summed E-state index contributed by atoms with van der Waals surface area (Å²) < 4.78 is 2.49. The molecule has 1 aromatic heterocycles. The van der Waals surface area contributed by atoms with E-state index in [2.05, 4.69) is 35.4 Å². The Bertz CT molecular complexity index is 420. The summed E-state index contributed by atoms with van der Waals surface area (Å²) >= 11 is 3.67. The molecular weight excluding hydrogens is 248 g/mol. The maximum absolute atomic E-state index is 4.61. The third-order valence-electron chi connectivity index (χ3n) is 2.42. The van der Waals surface area contributed by atoms with Crippen molar-refractivity contribution in [1.82, 2.24) is 10.3 Å². The fourth-order valence-electron chi connectivity index (χ4n) is 1.57. The average Bonchev–Trinajstić information content (AvgIpc) is 2.76. The molecule has 4 heteroatoms. The fourth-order valence-corrected chi connectivity index (χ4v) is 3.65. The number of para-hydroxylation sites is 1. The summed E-state index contributed by atoms with van der Waals surface area (Å²) in [6.45, 7) is 4.44. The van der Waals surface area contributed by atoms with Gasteiger partial charge in [-0.15, -0.1) is 11.3 Å². The summed E-state index contributed by atoms with van der Waals surface area (Å²) in [5.41, 5.74) is 1.13. The van der Waals surface area contributed by atoms with Crippen molar-refractivity contribution in [3.8, 4) is 0 Å². The first-order valence-electron chi connectivity index (χ1n) is 6.09. The Kier molecular flexibility index (Phi) is 5.29. The highest BCUT2D eigenvalue weighted by Gasteiger charge is 2.02. The number of aromatic nitrogens is 1. The van der Waals surface area contributed by atoms with Gasteiger partial charge >= 0.3 is 0 Å². The third kappa shape index (κ3) is 3.98. The minimum absolute atomic E-state index is 1.12. The van der Waals surface area contributed by atoms with E-state index in [1.165, 1.54) is 21.9 Å². The molecule has 2 aromatic rings. The summed E-state index contributed by atoms with van der Waals surface area (Å²) in [5, 5.41) is 3.42. The normalized spacial score (nSPS) is 11.1. The lowest BCUT2D eigenvalue weighted by Crippen LogP contribution is -2.16. The van der Waals surface area contributed by atoms with Gasteiger partial charge in [-0.3, -0.25) is 0 Å². The van der Waals surface area contributed by atoms with E-state index in [0.29, 0.717) is 0 Å². The van der Waals surface area contributed by atoms with E-state index in [0.717, 1.165) is 24.4 Å². The van der Waals surface area contributed by atoms with Crippen LogP contribution < -0.4 is 5.32 Å². The van der Waals surface area contributed by atoms with Crippen LogP contribution in [0.5, 0.6) is 0 Å². The largest absolute Gasteiger partial charge is 0.317 e. The van der Waals surface area contributed by atoms with Crippen molar-refractivity contribution < 1.29 is 0 Å². The Balaban J connectivity index is 1.75. The number of thioether (sulfide) groups is 1. The number of hydrogen-bond donors (Lipinski definition) is 1. The highest BCUT2D eigenvalue weighted by Crippen LogP contribution is 2.29. The number of nitrogens with one attached hydrogen (secondary N) is 1.